The van der Waals surface area contributed by atoms with Gasteiger partial charge in [0.05, 0.1) is 16.3 Å². The highest BCUT2D eigenvalue weighted by Gasteiger charge is 2.11. The summed E-state index contributed by atoms with van der Waals surface area (Å²) in [5.41, 5.74) is 1.23. The van der Waals surface area contributed by atoms with Crippen LogP contribution in [0.2, 0.25) is 0 Å². The predicted molar refractivity (Wildman–Crippen MR) is 76.9 cm³/mol. The third kappa shape index (κ3) is 3.78. The monoisotopic (exact) mass is 294 g/mol. The van der Waals surface area contributed by atoms with Crippen molar-refractivity contribution in [3.63, 3.8) is 0 Å². The van der Waals surface area contributed by atoms with Crippen LogP contribution in [0.4, 0.5) is 0 Å². The molecule has 6 heteroatoms. The average Bonchev–Trinajstić information content (AvgIpc) is 2.85. The third-order valence-corrected chi connectivity index (χ3v) is 4.42. The van der Waals surface area contributed by atoms with Crippen LogP contribution in [0, 0.1) is 0 Å². The Kier molecular flexibility index (Phi) is 4.93. The molecule has 0 saturated heterocycles. The Morgan fingerprint density at radius 2 is 2.37 bits per heavy atom. The SMILES string of the molecule is CCCc1nc(CSc2ncccc2C(=O)O)cs1. The summed E-state index contributed by atoms with van der Waals surface area (Å²) in [6.45, 7) is 2.13. The van der Waals surface area contributed by atoms with Gasteiger partial charge >= 0.3 is 5.97 Å². The summed E-state index contributed by atoms with van der Waals surface area (Å²) >= 11 is 3.07. The number of thiazole rings is 1. The fourth-order valence-electron chi connectivity index (χ4n) is 1.55. The van der Waals surface area contributed by atoms with E-state index in [-0.39, 0.29) is 5.56 Å². The summed E-state index contributed by atoms with van der Waals surface area (Å²) in [6, 6.07) is 3.21. The number of carboxylic acids is 1. The highest BCUT2D eigenvalue weighted by molar-refractivity contribution is 7.98. The number of hydrogen-bond donors (Lipinski definition) is 1. The van der Waals surface area contributed by atoms with Crippen molar-refractivity contribution >= 4 is 29.1 Å². The number of pyridine rings is 1. The van der Waals surface area contributed by atoms with Crippen LogP contribution in [0.25, 0.3) is 0 Å². The molecule has 2 rings (SSSR count). The first-order valence-corrected chi connectivity index (χ1v) is 7.81. The van der Waals surface area contributed by atoms with Crippen molar-refractivity contribution in [2.75, 3.05) is 0 Å². The summed E-state index contributed by atoms with van der Waals surface area (Å²) in [7, 11) is 0. The van der Waals surface area contributed by atoms with E-state index in [1.165, 1.54) is 11.8 Å². The quantitative estimate of drug-likeness (QED) is 0.826. The number of aromatic carboxylic acids is 1. The van der Waals surface area contributed by atoms with Gasteiger partial charge in [0, 0.05) is 17.3 Å². The molecule has 2 aromatic heterocycles. The Hall–Kier alpha value is -1.40. The second-order valence-electron chi connectivity index (χ2n) is 3.93. The Labute approximate surface area is 119 Å². The van der Waals surface area contributed by atoms with Gasteiger partial charge < -0.3 is 5.11 Å². The Morgan fingerprint density at radius 1 is 1.53 bits per heavy atom. The fraction of sp³-hybridized carbons (Fsp3) is 0.308. The van der Waals surface area contributed by atoms with Crippen LogP contribution in [0.5, 0.6) is 0 Å². The van der Waals surface area contributed by atoms with Crippen molar-refractivity contribution in [2.45, 2.75) is 30.5 Å². The van der Waals surface area contributed by atoms with Gasteiger partial charge in [0.1, 0.15) is 5.03 Å². The first kappa shape index (κ1) is 14.0. The van der Waals surface area contributed by atoms with E-state index < -0.39 is 5.97 Å². The molecule has 100 valence electrons. The number of carboxylic acid groups (broad SMARTS) is 1. The summed E-state index contributed by atoms with van der Waals surface area (Å²) in [4.78, 5) is 19.7. The molecule has 0 fully saturated rings. The lowest BCUT2D eigenvalue weighted by molar-refractivity contribution is 0.0692. The van der Waals surface area contributed by atoms with Gasteiger partial charge in [-0.25, -0.2) is 14.8 Å². The van der Waals surface area contributed by atoms with Crippen molar-refractivity contribution in [3.8, 4) is 0 Å². The van der Waals surface area contributed by atoms with Gasteiger partial charge in [0.2, 0.25) is 0 Å². The number of rotatable bonds is 6. The smallest absolute Gasteiger partial charge is 0.338 e. The van der Waals surface area contributed by atoms with E-state index >= 15 is 0 Å². The third-order valence-electron chi connectivity index (χ3n) is 2.42. The van der Waals surface area contributed by atoms with E-state index in [0.717, 1.165) is 23.5 Å². The Bertz CT molecular complexity index is 569. The molecule has 2 aromatic rings. The van der Waals surface area contributed by atoms with Crippen LogP contribution < -0.4 is 0 Å². The second kappa shape index (κ2) is 6.68. The zero-order valence-corrected chi connectivity index (χ0v) is 12.1. The largest absolute Gasteiger partial charge is 0.478 e. The number of aromatic nitrogens is 2. The molecule has 0 saturated carbocycles. The molecule has 0 aliphatic carbocycles. The van der Waals surface area contributed by atoms with Crippen molar-refractivity contribution in [2.24, 2.45) is 0 Å². The molecule has 0 atom stereocenters. The lowest BCUT2D eigenvalue weighted by atomic mass is 10.3. The van der Waals surface area contributed by atoms with Gasteiger partial charge in [-0.1, -0.05) is 18.7 Å². The fourth-order valence-corrected chi connectivity index (χ4v) is 3.44. The highest BCUT2D eigenvalue weighted by Crippen LogP contribution is 2.25. The zero-order chi connectivity index (χ0) is 13.7. The second-order valence-corrected chi connectivity index (χ2v) is 5.84. The van der Waals surface area contributed by atoms with E-state index in [1.807, 2.05) is 5.38 Å². The number of aryl methyl sites for hydroxylation is 1. The molecule has 19 heavy (non-hydrogen) atoms. The van der Waals surface area contributed by atoms with Gasteiger partial charge in [0.25, 0.3) is 0 Å². The first-order valence-electron chi connectivity index (χ1n) is 5.95. The maximum atomic E-state index is 11.1. The van der Waals surface area contributed by atoms with E-state index in [0.29, 0.717) is 10.8 Å². The number of nitrogens with zero attached hydrogens (tertiary/aromatic N) is 2. The van der Waals surface area contributed by atoms with Gasteiger partial charge in [-0.3, -0.25) is 0 Å². The summed E-state index contributed by atoms with van der Waals surface area (Å²) in [5.74, 6) is -0.294. The summed E-state index contributed by atoms with van der Waals surface area (Å²) in [5, 5.41) is 12.8. The molecule has 4 nitrogen and oxygen atoms in total. The van der Waals surface area contributed by atoms with E-state index in [9.17, 15) is 4.79 Å². The van der Waals surface area contributed by atoms with Crippen molar-refractivity contribution in [1.82, 2.24) is 9.97 Å². The minimum absolute atomic E-state index is 0.247. The topological polar surface area (TPSA) is 63.1 Å². The van der Waals surface area contributed by atoms with Crippen molar-refractivity contribution in [3.05, 3.63) is 40.0 Å². The normalized spacial score (nSPS) is 10.6. The van der Waals surface area contributed by atoms with Crippen LogP contribution in [-0.4, -0.2) is 21.0 Å². The van der Waals surface area contributed by atoms with E-state index in [1.54, 1.807) is 29.7 Å². The van der Waals surface area contributed by atoms with Crippen molar-refractivity contribution < 1.29 is 9.90 Å². The van der Waals surface area contributed by atoms with Gasteiger partial charge in [-0.05, 0) is 25.0 Å². The standard InChI is InChI=1S/C13H14N2O2S2/c1-2-4-11-15-9(7-18-11)8-19-12-10(13(16)17)5-3-6-14-12/h3,5-7H,2,4,8H2,1H3,(H,16,17). The number of thioether (sulfide) groups is 1. The number of carbonyl (C=O) groups is 1. The molecule has 0 unspecified atom stereocenters. The Balaban J connectivity index is 2.03. The predicted octanol–water partition coefficient (Wildman–Crippen LogP) is 3.48. The maximum absolute atomic E-state index is 11.1. The zero-order valence-electron chi connectivity index (χ0n) is 10.5. The first-order chi connectivity index (χ1) is 9.20. The van der Waals surface area contributed by atoms with E-state index in [4.69, 9.17) is 5.11 Å². The molecule has 0 spiro atoms. The molecule has 0 radical (unpaired) electrons. The minimum atomic E-state index is -0.944. The molecule has 1 N–H and O–H groups in total. The van der Waals surface area contributed by atoms with Crippen LogP contribution >= 0.6 is 23.1 Å². The van der Waals surface area contributed by atoms with Gasteiger partial charge in [-0.2, -0.15) is 0 Å². The van der Waals surface area contributed by atoms with Gasteiger partial charge in [-0.15, -0.1) is 11.3 Å². The van der Waals surface area contributed by atoms with Crippen LogP contribution in [-0.2, 0) is 12.2 Å². The highest BCUT2D eigenvalue weighted by atomic mass is 32.2. The van der Waals surface area contributed by atoms with Crippen LogP contribution in [0.1, 0.15) is 34.4 Å². The molecular formula is C13H14N2O2S2. The molecule has 0 aromatic carbocycles. The molecule has 0 aliphatic rings. The molecule has 0 aliphatic heterocycles. The van der Waals surface area contributed by atoms with Gasteiger partial charge in [0.15, 0.2) is 0 Å². The molecular weight excluding hydrogens is 280 g/mol. The van der Waals surface area contributed by atoms with Crippen LogP contribution in [0.3, 0.4) is 0 Å². The minimum Gasteiger partial charge on any atom is -0.478 e. The summed E-state index contributed by atoms with van der Waals surface area (Å²) in [6.07, 6.45) is 3.70. The van der Waals surface area contributed by atoms with Crippen molar-refractivity contribution in [1.29, 1.82) is 0 Å². The molecule has 2 heterocycles. The molecule has 0 amide bonds. The summed E-state index contributed by atoms with van der Waals surface area (Å²) < 4.78 is 0. The average molecular weight is 294 g/mol. The maximum Gasteiger partial charge on any atom is 0.338 e. The lowest BCUT2D eigenvalue weighted by Crippen LogP contribution is -2.00. The lowest BCUT2D eigenvalue weighted by Gasteiger charge is -2.02. The van der Waals surface area contributed by atoms with E-state index in [2.05, 4.69) is 16.9 Å². The molecule has 0 bridgehead atoms. The Morgan fingerprint density at radius 3 is 3.11 bits per heavy atom. The van der Waals surface area contributed by atoms with Crippen LogP contribution in [0.15, 0.2) is 28.7 Å². The number of hydrogen-bond acceptors (Lipinski definition) is 5.